The van der Waals surface area contributed by atoms with E-state index in [4.69, 9.17) is 11.6 Å². The van der Waals surface area contributed by atoms with Crippen molar-refractivity contribution >= 4 is 29.3 Å². The molecule has 0 aliphatic carbocycles. The lowest BCUT2D eigenvalue weighted by Gasteiger charge is -2.04. The van der Waals surface area contributed by atoms with Crippen LogP contribution >= 0.6 is 11.6 Å². The highest BCUT2D eigenvalue weighted by molar-refractivity contribution is 6.31. The number of aromatic nitrogens is 2. The first-order chi connectivity index (χ1) is 12.8. The zero-order chi connectivity index (χ0) is 19.6. The Labute approximate surface area is 157 Å². The predicted molar refractivity (Wildman–Crippen MR) is 97.3 cm³/mol. The highest BCUT2D eigenvalue weighted by atomic mass is 35.5. The number of carbonyl (C=O) groups is 1. The van der Waals surface area contributed by atoms with E-state index in [-0.39, 0.29) is 16.7 Å². The molecule has 138 valence electrons. The van der Waals surface area contributed by atoms with Gasteiger partial charge in [0.15, 0.2) is 0 Å². The van der Waals surface area contributed by atoms with Crippen molar-refractivity contribution in [3.63, 3.8) is 0 Å². The third kappa shape index (κ3) is 4.20. The second kappa shape index (κ2) is 7.67. The quantitative estimate of drug-likeness (QED) is 0.643. The number of aryl methyl sites for hydroxylation is 1. The molecule has 1 N–H and O–H groups in total. The number of rotatable bonds is 4. The lowest BCUT2D eigenvalue weighted by molar-refractivity contribution is -0.111. The molecule has 1 heterocycles. The summed E-state index contributed by atoms with van der Waals surface area (Å²) < 4.78 is 41.2. The number of halogens is 4. The van der Waals surface area contributed by atoms with Crippen LogP contribution in [-0.2, 0) is 4.79 Å². The third-order valence-corrected chi connectivity index (χ3v) is 4.07. The molecule has 2 aromatic carbocycles. The molecule has 0 bridgehead atoms. The van der Waals surface area contributed by atoms with E-state index in [2.05, 4.69) is 10.4 Å². The Morgan fingerprint density at radius 2 is 1.78 bits per heavy atom. The van der Waals surface area contributed by atoms with Gasteiger partial charge in [-0.25, -0.2) is 17.9 Å². The monoisotopic (exact) mass is 391 g/mol. The van der Waals surface area contributed by atoms with Gasteiger partial charge in [0.1, 0.15) is 22.6 Å². The molecular weight excluding hydrogens is 379 g/mol. The lowest BCUT2D eigenvalue weighted by atomic mass is 10.2. The smallest absolute Gasteiger partial charge is 0.248 e. The number of benzene rings is 2. The number of amides is 1. The number of hydrogen-bond acceptors (Lipinski definition) is 2. The van der Waals surface area contributed by atoms with Crippen molar-refractivity contribution in [3.05, 3.63) is 82.4 Å². The van der Waals surface area contributed by atoms with Gasteiger partial charge >= 0.3 is 0 Å². The average Bonchev–Trinajstić information content (AvgIpc) is 2.91. The molecule has 0 atom stereocenters. The summed E-state index contributed by atoms with van der Waals surface area (Å²) in [5, 5.41) is 6.74. The van der Waals surface area contributed by atoms with Crippen molar-refractivity contribution in [1.82, 2.24) is 9.78 Å². The average molecular weight is 392 g/mol. The van der Waals surface area contributed by atoms with Crippen LogP contribution in [0.2, 0.25) is 5.15 Å². The van der Waals surface area contributed by atoms with E-state index in [0.717, 1.165) is 24.3 Å². The third-order valence-electron chi connectivity index (χ3n) is 3.71. The van der Waals surface area contributed by atoms with Crippen molar-refractivity contribution in [2.75, 3.05) is 5.32 Å². The van der Waals surface area contributed by atoms with Crippen molar-refractivity contribution < 1.29 is 18.0 Å². The topological polar surface area (TPSA) is 46.9 Å². The number of hydrogen-bond donors (Lipinski definition) is 1. The minimum Gasteiger partial charge on any atom is -0.320 e. The summed E-state index contributed by atoms with van der Waals surface area (Å²) in [6.45, 7) is 1.69. The fourth-order valence-corrected chi connectivity index (χ4v) is 2.72. The van der Waals surface area contributed by atoms with Gasteiger partial charge in [0.25, 0.3) is 0 Å². The van der Waals surface area contributed by atoms with Crippen LogP contribution in [0.25, 0.3) is 11.8 Å². The molecule has 8 heteroatoms. The van der Waals surface area contributed by atoms with E-state index < -0.39 is 17.5 Å². The molecule has 0 radical (unpaired) electrons. The van der Waals surface area contributed by atoms with Crippen LogP contribution in [-0.4, -0.2) is 15.7 Å². The van der Waals surface area contributed by atoms with Gasteiger partial charge < -0.3 is 5.32 Å². The van der Waals surface area contributed by atoms with Crippen molar-refractivity contribution in [3.8, 4) is 5.69 Å². The van der Waals surface area contributed by atoms with Crippen LogP contribution in [0.1, 0.15) is 11.3 Å². The summed E-state index contributed by atoms with van der Waals surface area (Å²) in [4.78, 5) is 12.0. The Kier molecular flexibility index (Phi) is 5.32. The number of nitrogens with zero attached hydrogens (tertiary/aromatic N) is 2. The first-order valence-electron chi connectivity index (χ1n) is 7.80. The molecule has 3 rings (SSSR count). The van der Waals surface area contributed by atoms with E-state index in [1.165, 1.54) is 35.0 Å². The molecule has 0 spiro atoms. The number of anilines is 1. The number of carbonyl (C=O) groups excluding carboxylic acids is 1. The molecule has 1 aromatic heterocycles. The maximum absolute atomic E-state index is 13.6. The standard InChI is InChI=1S/C19H13ClF3N3O/c1-11-15(19(20)26(25-11)14-5-2-12(21)3-6-14)7-9-18(27)24-17-10-13(22)4-8-16(17)23/h2-10H,1H3,(H,24,27)/b9-7+. The lowest BCUT2D eigenvalue weighted by Crippen LogP contribution is -2.09. The molecule has 0 unspecified atom stereocenters. The fraction of sp³-hybridized carbons (Fsp3) is 0.0526. The van der Waals surface area contributed by atoms with Crippen molar-refractivity contribution in [2.45, 2.75) is 6.92 Å². The first-order valence-corrected chi connectivity index (χ1v) is 8.18. The van der Waals surface area contributed by atoms with Crippen LogP contribution in [0.5, 0.6) is 0 Å². The Morgan fingerprint density at radius 3 is 2.48 bits per heavy atom. The second-order valence-electron chi connectivity index (χ2n) is 5.62. The Morgan fingerprint density at radius 1 is 1.11 bits per heavy atom. The maximum Gasteiger partial charge on any atom is 0.248 e. The highest BCUT2D eigenvalue weighted by Gasteiger charge is 2.13. The van der Waals surface area contributed by atoms with Crippen LogP contribution < -0.4 is 5.32 Å². The Balaban J connectivity index is 1.82. The summed E-state index contributed by atoms with van der Waals surface area (Å²) in [7, 11) is 0. The molecular formula is C19H13ClF3N3O. The normalized spacial score (nSPS) is 11.1. The molecule has 27 heavy (non-hydrogen) atoms. The van der Waals surface area contributed by atoms with Crippen molar-refractivity contribution in [2.24, 2.45) is 0 Å². The predicted octanol–water partition coefficient (Wildman–Crippen LogP) is 4.90. The molecule has 0 fully saturated rings. The van der Waals surface area contributed by atoms with E-state index in [1.54, 1.807) is 6.92 Å². The number of nitrogens with one attached hydrogen (secondary N) is 1. The van der Waals surface area contributed by atoms with Crippen LogP contribution in [0.4, 0.5) is 18.9 Å². The van der Waals surface area contributed by atoms with Gasteiger partial charge in [-0.15, -0.1) is 0 Å². The fourth-order valence-electron chi connectivity index (χ4n) is 2.38. The summed E-state index contributed by atoms with van der Waals surface area (Å²) in [6, 6.07) is 8.33. The van der Waals surface area contributed by atoms with Gasteiger partial charge in [0.05, 0.1) is 17.1 Å². The maximum atomic E-state index is 13.6. The largest absolute Gasteiger partial charge is 0.320 e. The highest BCUT2D eigenvalue weighted by Crippen LogP contribution is 2.25. The molecule has 0 aliphatic rings. The van der Waals surface area contributed by atoms with E-state index >= 15 is 0 Å². The summed E-state index contributed by atoms with van der Waals surface area (Å²) in [5.41, 5.74) is 1.28. The summed E-state index contributed by atoms with van der Waals surface area (Å²) >= 11 is 6.31. The SMILES string of the molecule is Cc1nn(-c2ccc(F)cc2)c(Cl)c1/C=C/C(=O)Nc1cc(F)ccc1F. The molecule has 0 saturated heterocycles. The second-order valence-corrected chi connectivity index (χ2v) is 5.98. The summed E-state index contributed by atoms with van der Waals surface area (Å²) in [6.07, 6.45) is 2.55. The van der Waals surface area contributed by atoms with Gasteiger partial charge in [0, 0.05) is 17.7 Å². The van der Waals surface area contributed by atoms with E-state index in [1.807, 2.05) is 0 Å². The minimum absolute atomic E-state index is 0.222. The first kappa shape index (κ1) is 18.7. The van der Waals surface area contributed by atoms with Gasteiger partial charge in [-0.3, -0.25) is 4.79 Å². The van der Waals surface area contributed by atoms with Gasteiger partial charge in [-0.05, 0) is 49.4 Å². The van der Waals surface area contributed by atoms with Gasteiger partial charge in [0.2, 0.25) is 5.91 Å². The molecule has 3 aromatic rings. The minimum atomic E-state index is -0.753. The van der Waals surface area contributed by atoms with Crippen LogP contribution in [0.15, 0.2) is 48.5 Å². The molecule has 1 amide bonds. The zero-order valence-electron chi connectivity index (χ0n) is 14.0. The van der Waals surface area contributed by atoms with Crippen LogP contribution in [0, 0.1) is 24.4 Å². The van der Waals surface area contributed by atoms with E-state index in [9.17, 15) is 18.0 Å². The van der Waals surface area contributed by atoms with Gasteiger partial charge in [-0.2, -0.15) is 5.10 Å². The van der Waals surface area contributed by atoms with Crippen LogP contribution in [0.3, 0.4) is 0 Å². The Bertz CT molecular complexity index is 1030. The summed E-state index contributed by atoms with van der Waals surface area (Å²) in [5.74, 6) is -2.48. The van der Waals surface area contributed by atoms with Gasteiger partial charge in [-0.1, -0.05) is 11.6 Å². The van der Waals surface area contributed by atoms with Crippen molar-refractivity contribution in [1.29, 1.82) is 0 Å². The van der Waals surface area contributed by atoms with E-state index in [0.29, 0.717) is 16.9 Å². The molecule has 0 saturated carbocycles. The molecule has 0 aliphatic heterocycles. The zero-order valence-corrected chi connectivity index (χ0v) is 14.8. The molecule has 4 nitrogen and oxygen atoms in total. The Hall–Kier alpha value is -3.06.